The van der Waals surface area contributed by atoms with Crippen molar-refractivity contribution in [3.05, 3.63) is 75.7 Å². The van der Waals surface area contributed by atoms with E-state index >= 15 is 0 Å². The zero-order valence-electron chi connectivity index (χ0n) is 14.8. The van der Waals surface area contributed by atoms with Gasteiger partial charge in [-0.2, -0.15) is 10.2 Å². The summed E-state index contributed by atoms with van der Waals surface area (Å²) in [6, 6.07) is 14.9. The molecule has 0 aliphatic rings. The smallest absolute Gasteiger partial charge is 0.267 e. The maximum absolute atomic E-state index is 12.5. The van der Waals surface area contributed by atoms with Crippen molar-refractivity contribution < 1.29 is 4.79 Å². The third-order valence-corrected chi connectivity index (χ3v) is 4.15. The van der Waals surface area contributed by atoms with Gasteiger partial charge in [0.1, 0.15) is 0 Å². The highest BCUT2D eigenvalue weighted by molar-refractivity contribution is 6.04. The molecule has 0 spiro atoms. The van der Waals surface area contributed by atoms with E-state index in [0.29, 0.717) is 17.3 Å². The maximum atomic E-state index is 12.5. The van der Waals surface area contributed by atoms with Crippen molar-refractivity contribution in [1.29, 1.82) is 0 Å². The number of aryl methyl sites for hydroxylation is 2. The van der Waals surface area contributed by atoms with Crippen molar-refractivity contribution in [2.45, 2.75) is 26.8 Å². The molecule has 132 valence electrons. The highest BCUT2D eigenvalue weighted by atomic mass is 16.2. The molecule has 6 heteroatoms. The molecule has 6 nitrogen and oxygen atoms in total. The fourth-order valence-corrected chi connectivity index (χ4v) is 2.67. The minimum Gasteiger partial charge on any atom is -0.267 e. The van der Waals surface area contributed by atoms with E-state index in [4.69, 9.17) is 0 Å². The average Bonchev–Trinajstić information content (AvgIpc) is 2.69. The molecule has 0 fully saturated rings. The van der Waals surface area contributed by atoms with E-state index in [2.05, 4.69) is 22.5 Å². The van der Waals surface area contributed by atoms with E-state index in [-0.39, 0.29) is 11.3 Å². The second-order valence-electron chi connectivity index (χ2n) is 5.81. The zero-order chi connectivity index (χ0) is 18.5. The van der Waals surface area contributed by atoms with Gasteiger partial charge in [0, 0.05) is 11.9 Å². The van der Waals surface area contributed by atoms with Crippen LogP contribution < -0.4 is 11.0 Å². The SMILES string of the molecule is CCc1ccc(/C=N\NC(=O)c2nn(CC)c(=O)c3ccccc23)cc1. The Morgan fingerprint density at radius 2 is 1.81 bits per heavy atom. The fraction of sp³-hybridized carbons (Fsp3) is 0.200. The number of hydrogen-bond acceptors (Lipinski definition) is 4. The van der Waals surface area contributed by atoms with Crippen molar-refractivity contribution in [1.82, 2.24) is 15.2 Å². The molecule has 0 atom stereocenters. The number of aromatic nitrogens is 2. The Bertz CT molecular complexity index is 1020. The monoisotopic (exact) mass is 348 g/mol. The van der Waals surface area contributed by atoms with Gasteiger partial charge in [0.25, 0.3) is 11.5 Å². The summed E-state index contributed by atoms with van der Waals surface area (Å²) >= 11 is 0. The highest BCUT2D eigenvalue weighted by Gasteiger charge is 2.15. The van der Waals surface area contributed by atoms with Gasteiger partial charge in [0.2, 0.25) is 0 Å². The molecular formula is C20H20N4O2. The van der Waals surface area contributed by atoms with Gasteiger partial charge in [0.15, 0.2) is 5.69 Å². The number of benzene rings is 2. The number of amides is 1. The number of hydrogen-bond donors (Lipinski definition) is 1. The Labute approximate surface area is 151 Å². The first-order chi connectivity index (χ1) is 12.6. The molecule has 2 aromatic carbocycles. The van der Waals surface area contributed by atoms with Crippen molar-refractivity contribution >= 4 is 22.9 Å². The van der Waals surface area contributed by atoms with E-state index in [0.717, 1.165) is 12.0 Å². The Kier molecular flexibility index (Phi) is 5.22. The molecule has 0 bridgehead atoms. The number of carbonyl (C=O) groups is 1. The minimum atomic E-state index is -0.454. The first-order valence-corrected chi connectivity index (χ1v) is 8.56. The second-order valence-corrected chi connectivity index (χ2v) is 5.81. The van der Waals surface area contributed by atoms with E-state index in [1.54, 1.807) is 30.5 Å². The van der Waals surface area contributed by atoms with Crippen LogP contribution >= 0.6 is 0 Å². The Morgan fingerprint density at radius 3 is 2.46 bits per heavy atom. The van der Waals surface area contributed by atoms with Gasteiger partial charge in [-0.25, -0.2) is 10.1 Å². The van der Waals surface area contributed by atoms with Crippen LogP contribution in [-0.4, -0.2) is 21.9 Å². The van der Waals surface area contributed by atoms with Crippen LogP contribution in [0.5, 0.6) is 0 Å². The van der Waals surface area contributed by atoms with Crippen LogP contribution in [-0.2, 0) is 13.0 Å². The lowest BCUT2D eigenvalue weighted by atomic mass is 10.1. The van der Waals surface area contributed by atoms with Crippen LogP contribution in [0, 0.1) is 0 Å². The van der Waals surface area contributed by atoms with Crippen LogP contribution in [0.15, 0.2) is 58.4 Å². The lowest BCUT2D eigenvalue weighted by molar-refractivity contribution is 0.0949. The first kappa shape index (κ1) is 17.5. The topological polar surface area (TPSA) is 76.3 Å². The number of hydrazone groups is 1. The van der Waals surface area contributed by atoms with Crippen LogP contribution in [0.2, 0.25) is 0 Å². The number of fused-ring (bicyclic) bond motifs is 1. The molecule has 1 aromatic heterocycles. The van der Waals surface area contributed by atoms with Gasteiger partial charge in [-0.1, -0.05) is 49.4 Å². The van der Waals surface area contributed by atoms with Crippen LogP contribution in [0.25, 0.3) is 10.8 Å². The molecule has 0 saturated heterocycles. The molecular weight excluding hydrogens is 328 g/mol. The second kappa shape index (κ2) is 7.74. The predicted molar refractivity (Wildman–Crippen MR) is 103 cm³/mol. The zero-order valence-corrected chi connectivity index (χ0v) is 14.8. The summed E-state index contributed by atoms with van der Waals surface area (Å²) in [6.45, 7) is 4.29. The highest BCUT2D eigenvalue weighted by Crippen LogP contribution is 2.13. The molecule has 0 aliphatic carbocycles. The maximum Gasteiger partial charge on any atom is 0.292 e. The molecule has 3 rings (SSSR count). The van der Waals surface area contributed by atoms with Crippen molar-refractivity contribution in [2.24, 2.45) is 5.10 Å². The normalized spacial score (nSPS) is 11.2. The van der Waals surface area contributed by atoms with Crippen molar-refractivity contribution in [2.75, 3.05) is 0 Å². The summed E-state index contributed by atoms with van der Waals surface area (Å²) in [5.41, 5.74) is 4.59. The average molecular weight is 348 g/mol. The van der Waals surface area contributed by atoms with Crippen molar-refractivity contribution in [3.8, 4) is 0 Å². The fourth-order valence-electron chi connectivity index (χ4n) is 2.67. The predicted octanol–water partition coefficient (Wildman–Crippen LogP) is 2.74. The van der Waals surface area contributed by atoms with Crippen molar-refractivity contribution in [3.63, 3.8) is 0 Å². The lowest BCUT2D eigenvalue weighted by Crippen LogP contribution is -2.28. The molecule has 1 N–H and O–H groups in total. The van der Waals surface area contributed by atoms with Gasteiger partial charge < -0.3 is 0 Å². The quantitative estimate of drug-likeness (QED) is 0.569. The van der Waals surface area contributed by atoms with Crippen LogP contribution in [0.1, 0.15) is 35.5 Å². The summed E-state index contributed by atoms with van der Waals surface area (Å²) in [4.78, 5) is 24.9. The van der Waals surface area contributed by atoms with E-state index in [9.17, 15) is 9.59 Å². The molecule has 0 unspecified atom stereocenters. The molecule has 1 heterocycles. The Balaban J connectivity index is 1.86. The lowest BCUT2D eigenvalue weighted by Gasteiger charge is -2.08. The van der Waals surface area contributed by atoms with Gasteiger partial charge in [-0.15, -0.1) is 0 Å². The number of nitrogens with zero attached hydrogens (tertiary/aromatic N) is 3. The third kappa shape index (κ3) is 3.54. The summed E-state index contributed by atoms with van der Waals surface area (Å²) in [7, 11) is 0. The molecule has 1 amide bonds. The van der Waals surface area contributed by atoms with Crippen LogP contribution in [0.3, 0.4) is 0 Å². The third-order valence-electron chi connectivity index (χ3n) is 4.15. The molecule has 3 aromatic rings. The summed E-state index contributed by atoms with van der Waals surface area (Å²) in [6.07, 6.45) is 2.55. The van der Waals surface area contributed by atoms with E-state index in [1.165, 1.54) is 10.2 Å². The summed E-state index contributed by atoms with van der Waals surface area (Å²) in [5, 5.41) is 9.17. The number of carbonyl (C=O) groups excluding carboxylic acids is 1. The Morgan fingerprint density at radius 1 is 1.12 bits per heavy atom. The molecule has 0 aliphatic heterocycles. The van der Waals surface area contributed by atoms with Crippen LogP contribution in [0.4, 0.5) is 0 Å². The first-order valence-electron chi connectivity index (χ1n) is 8.56. The summed E-state index contributed by atoms with van der Waals surface area (Å²) in [5.74, 6) is -0.454. The van der Waals surface area contributed by atoms with Gasteiger partial charge in [-0.05, 0) is 30.5 Å². The van der Waals surface area contributed by atoms with Gasteiger partial charge >= 0.3 is 0 Å². The minimum absolute atomic E-state index is 0.181. The van der Waals surface area contributed by atoms with Gasteiger partial charge in [0.05, 0.1) is 11.6 Å². The van der Waals surface area contributed by atoms with E-state index in [1.807, 2.05) is 31.2 Å². The summed E-state index contributed by atoms with van der Waals surface area (Å²) < 4.78 is 1.28. The van der Waals surface area contributed by atoms with E-state index < -0.39 is 5.91 Å². The molecule has 0 radical (unpaired) electrons. The largest absolute Gasteiger partial charge is 0.292 e. The molecule has 0 saturated carbocycles. The standard InChI is InChI=1S/C20H20N4O2/c1-3-14-9-11-15(12-10-14)13-21-22-19(25)18-16-7-5-6-8-17(16)20(26)24(4-2)23-18/h5-13H,3-4H2,1-2H3,(H,22,25)/b21-13-. The number of rotatable bonds is 5. The van der Waals surface area contributed by atoms with Gasteiger partial charge in [-0.3, -0.25) is 9.59 Å². The Hall–Kier alpha value is -3.28. The molecule has 26 heavy (non-hydrogen) atoms. The number of nitrogens with one attached hydrogen (secondary N) is 1.